The van der Waals surface area contributed by atoms with Crippen molar-refractivity contribution in [1.29, 1.82) is 0 Å². The summed E-state index contributed by atoms with van der Waals surface area (Å²) in [5.74, 6) is -0.0598. The normalized spacial score (nSPS) is 15.5. The van der Waals surface area contributed by atoms with E-state index in [0.29, 0.717) is 18.1 Å². The number of thiazole rings is 1. The van der Waals surface area contributed by atoms with Crippen molar-refractivity contribution in [1.82, 2.24) is 9.88 Å². The van der Waals surface area contributed by atoms with Crippen molar-refractivity contribution in [3.05, 3.63) is 70.7 Å². The largest absolute Gasteiger partial charge is 0.497 e. The van der Waals surface area contributed by atoms with Gasteiger partial charge in [0, 0.05) is 24.0 Å². The molecule has 2 heterocycles. The van der Waals surface area contributed by atoms with E-state index in [1.54, 1.807) is 12.5 Å². The number of hydrogen-bond donors (Lipinski definition) is 2. The maximum Gasteiger partial charge on any atom is 0.274 e. The van der Waals surface area contributed by atoms with Gasteiger partial charge >= 0.3 is 0 Å². The van der Waals surface area contributed by atoms with E-state index in [1.165, 1.54) is 16.2 Å². The number of rotatable bonds is 5. The van der Waals surface area contributed by atoms with Gasteiger partial charge in [-0.15, -0.1) is 11.3 Å². The Morgan fingerprint density at radius 3 is 2.59 bits per heavy atom. The Kier molecular flexibility index (Phi) is 5.18. The van der Waals surface area contributed by atoms with Crippen LogP contribution in [0.5, 0.6) is 5.75 Å². The summed E-state index contributed by atoms with van der Waals surface area (Å²) in [6.07, 6.45) is 0.415. The molecule has 1 aromatic heterocycles. The quantitative estimate of drug-likeness (QED) is 0.676. The molecular formula is C21H20N4O3S. The summed E-state index contributed by atoms with van der Waals surface area (Å²) < 4.78 is 5.15. The van der Waals surface area contributed by atoms with Crippen LogP contribution in [-0.4, -0.2) is 34.8 Å². The molecule has 29 heavy (non-hydrogen) atoms. The van der Waals surface area contributed by atoms with Gasteiger partial charge in [-0.05, 0) is 35.4 Å². The van der Waals surface area contributed by atoms with Crippen molar-refractivity contribution in [2.45, 2.75) is 19.0 Å². The van der Waals surface area contributed by atoms with Crippen LogP contribution in [0.2, 0.25) is 0 Å². The molecule has 0 fully saturated rings. The lowest BCUT2D eigenvalue weighted by Gasteiger charge is -2.34. The van der Waals surface area contributed by atoms with E-state index in [1.807, 2.05) is 48.5 Å². The van der Waals surface area contributed by atoms with Gasteiger partial charge in [0.15, 0.2) is 5.13 Å². The summed E-state index contributed by atoms with van der Waals surface area (Å²) in [5.41, 5.74) is 8.77. The first-order chi connectivity index (χ1) is 14.0. The van der Waals surface area contributed by atoms with Gasteiger partial charge in [-0.2, -0.15) is 0 Å². The molecule has 3 N–H and O–H groups in total. The van der Waals surface area contributed by atoms with Crippen LogP contribution in [0, 0.1) is 0 Å². The van der Waals surface area contributed by atoms with Crippen molar-refractivity contribution >= 4 is 34.0 Å². The topological polar surface area (TPSA) is 97.6 Å². The van der Waals surface area contributed by atoms with Gasteiger partial charge in [0.05, 0.1) is 7.11 Å². The third kappa shape index (κ3) is 3.93. The van der Waals surface area contributed by atoms with Crippen molar-refractivity contribution in [3.63, 3.8) is 0 Å². The summed E-state index contributed by atoms with van der Waals surface area (Å²) in [6, 6.07) is 14.5. The molecule has 1 aliphatic heterocycles. The number of carbonyl (C=O) groups is 2. The number of methoxy groups -OCH3 is 1. The molecule has 3 aromatic rings. The van der Waals surface area contributed by atoms with E-state index in [-0.39, 0.29) is 11.6 Å². The number of hydrogen-bond acceptors (Lipinski definition) is 6. The van der Waals surface area contributed by atoms with Gasteiger partial charge in [0.1, 0.15) is 17.5 Å². The van der Waals surface area contributed by atoms with Crippen LogP contribution in [0.4, 0.5) is 10.8 Å². The number of fused-ring (bicyclic) bond motifs is 1. The summed E-state index contributed by atoms with van der Waals surface area (Å²) >= 11 is 1.32. The van der Waals surface area contributed by atoms with Gasteiger partial charge in [-0.3, -0.25) is 9.59 Å². The van der Waals surface area contributed by atoms with Crippen molar-refractivity contribution in [2.75, 3.05) is 12.4 Å². The zero-order valence-electron chi connectivity index (χ0n) is 15.8. The minimum atomic E-state index is -0.683. The van der Waals surface area contributed by atoms with Gasteiger partial charge in [-0.1, -0.05) is 24.3 Å². The number of amides is 2. The number of anilines is 2. The lowest BCUT2D eigenvalue weighted by molar-refractivity contribution is -0.122. The molecule has 1 atom stereocenters. The Bertz CT molecular complexity index is 1050. The van der Waals surface area contributed by atoms with Crippen LogP contribution in [0.3, 0.4) is 0 Å². The minimum absolute atomic E-state index is 0.289. The smallest absolute Gasteiger partial charge is 0.274 e. The first kappa shape index (κ1) is 18.9. The number of carbonyl (C=O) groups excluding carboxylic acids is 2. The number of aromatic nitrogens is 1. The van der Waals surface area contributed by atoms with Crippen LogP contribution in [0.15, 0.2) is 53.9 Å². The molecule has 7 nitrogen and oxygen atoms in total. The van der Waals surface area contributed by atoms with Gasteiger partial charge in [-0.25, -0.2) is 4.98 Å². The molecule has 0 unspecified atom stereocenters. The summed E-state index contributed by atoms with van der Waals surface area (Å²) in [6.45, 7) is 0.335. The van der Waals surface area contributed by atoms with Crippen LogP contribution >= 0.6 is 11.3 Å². The molecule has 0 saturated carbocycles. The maximum atomic E-state index is 13.1. The molecular weight excluding hydrogens is 388 g/mol. The maximum absolute atomic E-state index is 13.1. The molecule has 0 spiro atoms. The lowest BCUT2D eigenvalue weighted by atomic mass is 9.93. The second-order valence-electron chi connectivity index (χ2n) is 6.72. The van der Waals surface area contributed by atoms with Gasteiger partial charge in [0.2, 0.25) is 5.91 Å². The first-order valence-corrected chi connectivity index (χ1v) is 9.97. The molecule has 0 aliphatic carbocycles. The zero-order valence-corrected chi connectivity index (χ0v) is 16.6. The average molecular weight is 408 g/mol. The number of nitrogens with one attached hydrogen (secondary N) is 1. The van der Waals surface area contributed by atoms with E-state index < -0.39 is 11.9 Å². The highest BCUT2D eigenvalue weighted by Gasteiger charge is 2.34. The van der Waals surface area contributed by atoms with E-state index in [0.717, 1.165) is 22.6 Å². The second kappa shape index (κ2) is 7.92. The monoisotopic (exact) mass is 408 g/mol. The van der Waals surface area contributed by atoms with E-state index in [9.17, 15) is 9.59 Å². The Hall–Kier alpha value is -3.39. The van der Waals surface area contributed by atoms with Crippen molar-refractivity contribution in [3.8, 4) is 5.75 Å². The fraction of sp³-hybridized carbons (Fsp3) is 0.190. The van der Waals surface area contributed by atoms with E-state index >= 15 is 0 Å². The summed E-state index contributed by atoms with van der Waals surface area (Å²) in [7, 11) is 1.61. The average Bonchev–Trinajstić information content (AvgIpc) is 3.21. The second-order valence-corrected chi connectivity index (χ2v) is 7.57. The standard InChI is InChI=1S/C21H20N4O3S/c1-28-16-8-6-15(7-9-16)23-21-24-17(12-29-21)20(27)25-11-14-5-3-2-4-13(14)10-18(25)19(22)26/h2-9,12,18H,10-11H2,1H3,(H2,22,26)(H,23,24)/t18-/m0/s1. The SMILES string of the molecule is COc1ccc(Nc2nc(C(=O)N3Cc4ccccc4C[C@H]3C(N)=O)cs2)cc1. The summed E-state index contributed by atoms with van der Waals surface area (Å²) in [5, 5.41) is 5.45. The summed E-state index contributed by atoms with van der Waals surface area (Å²) in [4.78, 5) is 31.0. The third-order valence-electron chi connectivity index (χ3n) is 4.90. The fourth-order valence-electron chi connectivity index (χ4n) is 3.36. The molecule has 0 saturated heterocycles. The van der Waals surface area contributed by atoms with E-state index in [4.69, 9.17) is 10.5 Å². The van der Waals surface area contributed by atoms with Crippen molar-refractivity contribution in [2.24, 2.45) is 5.73 Å². The minimum Gasteiger partial charge on any atom is -0.497 e. The Morgan fingerprint density at radius 1 is 1.17 bits per heavy atom. The highest BCUT2D eigenvalue weighted by Crippen LogP contribution is 2.27. The van der Waals surface area contributed by atoms with E-state index in [2.05, 4.69) is 10.3 Å². The van der Waals surface area contributed by atoms with Crippen LogP contribution in [0.25, 0.3) is 0 Å². The Labute approximate surface area is 172 Å². The zero-order chi connectivity index (χ0) is 20.4. The molecule has 0 bridgehead atoms. The Morgan fingerprint density at radius 2 is 1.90 bits per heavy atom. The van der Waals surface area contributed by atoms with Crippen LogP contribution in [0.1, 0.15) is 21.6 Å². The molecule has 148 valence electrons. The number of primary amides is 1. The Balaban J connectivity index is 1.53. The van der Waals surface area contributed by atoms with Gasteiger partial charge in [0.25, 0.3) is 5.91 Å². The predicted octanol–water partition coefficient (Wildman–Crippen LogP) is 2.95. The number of ether oxygens (including phenoxy) is 1. The highest BCUT2D eigenvalue weighted by atomic mass is 32.1. The molecule has 2 amide bonds. The number of benzene rings is 2. The molecule has 2 aromatic carbocycles. The predicted molar refractivity (Wildman–Crippen MR) is 111 cm³/mol. The third-order valence-corrected chi connectivity index (χ3v) is 5.66. The van der Waals surface area contributed by atoms with Crippen molar-refractivity contribution < 1.29 is 14.3 Å². The lowest BCUT2D eigenvalue weighted by Crippen LogP contribution is -2.51. The van der Waals surface area contributed by atoms with Crippen LogP contribution in [-0.2, 0) is 17.8 Å². The molecule has 8 heteroatoms. The fourth-order valence-corrected chi connectivity index (χ4v) is 4.07. The first-order valence-electron chi connectivity index (χ1n) is 9.09. The van der Waals surface area contributed by atoms with Crippen LogP contribution < -0.4 is 15.8 Å². The molecule has 0 radical (unpaired) electrons. The number of nitrogens with zero attached hydrogens (tertiary/aromatic N) is 2. The molecule has 4 rings (SSSR count). The molecule has 1 aliphatic rings. The van der Waals surface area contributed by atoms with Gasteiger partial charge < -0.3 is 20.7 Å². The highest BCUT2D eigenvalue weighted by molar-refractivity contribution is 7.14. The number of nitrogens with two attached hydrogens (primary N) is 1.